The molecule has 24 heavy (non-hydrogen) atoms. The molecule has 0 radical (unpaired) electrons. The van der Waals surface area contributed by atoms with Crippen molar-refractivity contribution in [2.75, 3.05) is 31.5 Å². The zero-order valence-electron chi connectivity index (χ0n) is 14.3. The highest BCUT2D eigenvalue weighted by molar-refractivity contribution is 6.01. The molecule has 1 aliphatic heterocycles. The van der Waals surface area contributed by atoms with E-state index in [4.69, 9.17) is 0 Å². The van der Waals surface area contributed by atoms with Crippen LogP contribution in [0.1, 0.15) is 41.7 Å². The van der Waals surface area contributed by atoms with Gasteiger partial charge >= 0.3 is 0 Å². The van der Waals surface area contributed by atoms with E-state index >= 15 is 0 Å². The molecule has 0 unspecified atom stereocenters. The maximum atomic E-state index is 12.8. The summed E-state index contributed by atoms with van der Waals surface area (Å²) in [5.74, 6) is 0.108. The summed E-state index contributed by atoms with van der Waals surface area (Å²) >= 11 is 0. The van der Waals surface area contributed by atoms with Crippen molar-refractivity contribution in [1.29, 1.82) is 0 Å². The number of benzene rings is 1. The summed E-state index contributed by atoms with van der Waals surface area (Å²) in [6.45, 7) is 5.42. The lowest BCUT2D eigenvalue weighted by Crippen LogP contribution is -2.46. The van der Waals surface area contributed by atoms with Gasteiger partial charge < -0.3 is 20.5 Å². The molecule has 1 aromatic carbocycles. The van der Waals surface area contributed by atoms with Crippen molar-refractivity contribution in [1.82, 2.24) is 15.2 Å². The number of fused-ring (bicyclic) bond motifs is 1. The van der Waals surface area contributed by atoms with Gasteiger partial charge in [0.05, 0.1) is 11.2 Å². The lowest BCUT2D eigenvalue weighted by Gasteiger charge is -2.26. The number of amides is 1. The number of nitrogens with one attached hydrogen (secondary N) is 3. The Morgan fingerprint density at radius 2 is 1.92 bits per heavy atom. The van der Waals surface area contributed by atoms with E-state index in [0.29, 0.717) is 11.7 Å². The molecule has 2 heterocycles. The highest BCUT2D eigenvalue weighted by atomic mass is 16.2. The van der Waals surface area contributed by atoms with Crippen molar-refractivity contribution in [2.45, 2.75) is 38.6 Å². The molecule has 128 valence electrons. The number of aromatic amines is 1. The van der Waals surface area contributed by atoms with Gasteiger partial charge in [0, 0.05) is 37.6 Å². The maximum absolute atomic E-state index is 12.8. The van der Waals surface area contributed by atoms with Crippen LogP contribution in [0.5, 0.6) is 0 Å². The van der Waals surface area contributed by atoms with E-state index in [-0.39, 0.29) is 5.91 Å². The van der Waals surface area contributed by atoms with E-state index in [0.717, 1.165) is 42.8 Å². The first-order valence-corrected chi connectivity index (χ1v) is 9.10. The predicted molar refractivity (Wildman–Crippen MR) is 97.7 cm³/mol. The summed E-state index contributed by atoms with van der Waals surface area (Å²) in [5.41, 5.74) is 4.12. The Bertz CT molecular complexity index is 739. The van der Waals surface area contributed by atoms with Gasteiger partial charge in [-0.05, 0) is 43.5 Å². The molecule has 0 bridgehead atoms. The van der Waals surface area contributed by atoms with Crippen LogP contribution in [0.2, 0.25) is 0 Å². The van der Waals surface area contributed by atoms with Gasteiger partial charge in [0.2, 0.25) is 0 Å². The second-order valence-corrected chi connectivity index (χ2v) is 7.13. The van der Waals surface area contributed by atoms with E-state index in [1.54, 1.807) is 0 Å². The summed E-state index contributed by atoms with van der Waals surface area (Å²) in [4.78, 5) is 18.1. The quantitative estimate of drug-likeness (QED) is 0.813. The molecule has 1 saturated heterocycles. The summed E-state index contributed by atoms with van der Waals surface area (Å²) in [5, 5.41) is 8.10. The lowest BCUT2D eigenvalue weighted by atomic mass is 10.1. The third-order valence-electron chi connectivity index (χ3n) is 5.22. The number of carbonyl (C=O) groups is 1. The highest BCUT2D eigenvalue weighted by Crippen LogP contribution is 2.30. The van der Waals surface area contributed by atoms with Gasteiger partial charge in [-0.2, -0.15) is 0 Å². The van der Waals surface area contributed by atoms with Crippen molar-refractivity contribution in [3.63, 3.8) is 0 Å². The van der Waals surface area contributed by atoms with Crippen LogP contribution in [0.3, 0.4) is 0 Å². The molecule has 5 nitrogen and oxygen atoms in total. The molecular weight excluding hydrogens is 300 g/mol. The van der Waals surface area contributed by atoms with Crippen LogP contribution in [0.4, 0.5) is 5.69 Å². The lowest BCUT2D eigenvalue weighted by molar-refractivity contribution is 0.0731. The number of carbonyl (C=O) groups excluding carboxylic acids is 1. The Morgan fingerprint density at radius 1 is 1.17 bits per heavy atom. The first-order valence-electron chi connectivity index (χ1n) is 9.10. The second kappa shape index (κ2) is 6.48. The first-order chi connectivity index (χ1) is 11.7. The molecule has 2 fully saturated rings. The monoisotopic (exact) mass is 326 g/mol. The van der Waals surface area contributed by atoms with Gasteiger partial charge in [-0.3, -0.25) is 4.79 Å². The fourth-order valence-corrected chi connectivity index (χ4v) is 3.95. The Hall–Kier alpha value is -2.01. The van der Waals surface area contributed by atoms with Crippen molar-refractivity contribution >= 4 is 22.5 Å². The second-order valence-electron chi connectivity index (χ2n) is 7.13. The number of piperazine rings is 1. The summed E-state index contributed by atoms with van der Waals surface area (Å²) in [6, 6.07) is 6.91. The number of nitrogens with zero attached hydrogens (tertiary/aromatic N) is 1. The normalized spacial score (nSPS) is 19.1. The van der Waals surface area contributed by atoms with Crippen molar-refractivity contribution in [2.24, 2.45) is 0 Å². The SMILES string of the molecule is Cc1cc(NC2CCCC2)c2[nH]c(C(=O)N3CCNCC3)cc2c1. The van der Waals surface area contributed by atoms with E-state index < -0.39 is 0 Å². The zero-order chi connectivity index (χ0) is 16.5. The van der Waals surface area contributed by atoms with Crippen LogP contribution in [0.25, 0.3) is 10.9 Å². The van der Waals surface area contributed by atoms with Crippen LogP contribution >= 0.6 is 0 Å². The molecule has 2 aromatic rings. The molecule has 0 spiro atoms. The molecule has 1 saturated carbocycles. The van der Waals surface area contributed by atoms with E-state index in [2.05, 4.69) is 34.7 Å². The number of H-pyrrole nitrogens is 1. The molecule has 4 rings (SSSR count). The Labute approximate surface area is 142 Å². The van der Waals surface area contributed by atoms with E-state index in [1.807, 2.05) is 11.0 Å². The van der Waals surface area contributed by atoms with Crippen molar-refractivity contribution in [3.05, 3.63) is 29.5 Å². The van der Waals surface area contributed by atoms with Gasteiger partial charge in [0.1, 0.15) is 5.69 Å². The molecule has 5 heteroatoms. The number of hydrogen-bond donors (Lipinski definition) is 3. The standard InChI is InChI=1S/C19H26N4O/c1-13-10-14-12-17(19(24)23-8-6-20-7-9-23)22-18(14)16(11-13)21-15-4-2-3-5-15/h10-12,15,20-22H,2-9H2,1H3. The number of aromatic nitrogens is 1. The van der Waals surface area contributed by atoms with Crippen LogP contribution in [-0.2, 0) is 0 Å². The minimum Gasteiger partial charge on any atom is -0.381 e. The molecule has 1 aromatic heterocycles. The predicted octanol–water partition coefficient (Wildman–Crippen LogP) is 2.88. The number of aryl methyl sites for hydroxylation is 1. The Morgan fingerprint density at radius 3 is 2.67 bits per heavy atom. The van der Waals surface area contributed by atoms with Crippen molar-refractivity contribution in [3.8, 4) is 0 Å². The van der Waals surface area contributed by atoms with Crippen LogP contribution in [-0.4, -0.2) is 48.0 Å². The molecule has 2 aliphatic rings. The van der Waals surface area contributed by atoms with Gasteiger partial charge in [-0.15, -0.1) is 0 Å². The summed E-state index contributed by atoms with van der Waals surface area (Å²) in [6.07, 6.45) is 5.10. The third-order valence-corrected chi connectivity index (χ3v) is 5.22. The minimum absolute atomic E-state index is 0.108. The fraction of sp³-hybridized carbons (Fsp3) is 0.526. The van der Waals surface area contributed by atoms with Crippen molar-refractivity contribution < 1.29 is 4.79 Å². The summed E-state index contributed by atoms with van der Waals surface area (Å²) in [7, 11) is 0. The number of hydrogen-bond acceptors (Lipinski definition) is 3. The fourth-order valence-electron chi connectivity index (χ4n) is 3.95. The zero-order valence-corrected chi connectivity index (χ0v) is 14.3. The van der Waals surface area contributed by atoms with Crippen LogP contribution in [0.15, 0.2) is 18.2 Å². The molecular formula is C19H26N4O. The summed E-state index contributed by atoms with van der Waals surface area (Å²) < 4.78 is 0. The van der Waals surface area contributed by atoms with Gasteiger partial charge in [0.15, 0.2) is 0 Å². The largest absolute Gasteiger partial charge is 0.381 e. The third kappa shape index (κ3) is 3.00. The first kappa shape index (κ1) is 15.5. The number of anilines is 1. The maximum Gasteiger partial charge on any atom is 0.270 e. The smallest absolute Gasteiger partial charge is 0.270 e. The molecule has 1 aliphatic carbocycles. The highest BCUT2D eigenvalue weighted by Gasteiger charge is 2.21. The van der Waals surface area contributed by atoms with E-state index in [1.165, 1.54) is 31.2 Å². The molecule has 0 atom stereocenters. The topological polar surface area (TPSA) is 60.2 Å². The van der Waals surface area contributed by atoms with Gasteiger partial charge in [0.25, 0.3) is 5.91 Å². The average molecular weight is 326 g/mol. The number of rotatable bonds is 3. The minimum atomic E-state index is 0.108. The molecule has 1 amide bonds. The average Bonchev–Trinajstić information content (AvgIpc) is 3.24. The Kier molecular flexibility index (Phi) is 4.19. The van der Waals surface area contributed by atoms with Gasteiger partial charge in [-0.25, -0.2) is 0 Å². The molecule has 3 N–H and O–H groups in total. The van der Waals surface area contributed by atoms with Crippen LogP contribution < -0.4 is 10.6 Å². The van der Waals surface area contributed by atoms with E-state index in [9.17, 15) is 4.79 Å². The van der Waals surface area contributed by atoms with Crippen LogP contribution in [0, 0.1) is 6.92 Å². The Balaban J connectivity index is 1.64. The van der Waals surface area contributed by atoms with Gasteiger partial charge in [-0.1, -0.05) is 12.8 Å².